The number of benzene rings is 1. The van der Waals surface area contributed by atoms with Crippen molar-refractivity contribution in [2.75, 3.05) is 6.54 Å². The van der Waals surface area contributed by atoms with Gasteiger partial charge in [-0.15, -0.1) is 0 Å². The van der Waals surface area contributed by atoms with Gasteiger partial charge in [0.15, 0.2) is 0 Å². The molecule has 0 radical (unpaired) electrons. The predicted octanol–water partition coefficient (Wildman–Crippen LogP) is 3.80. The highest BCUT2D eigenvalue weighted by Crippen LogP contribution is 2.41. The summed E-state index contributed by atoms with van der Waals surface area (Å²) in [6.45, 7) is 7.86. The predicted molar refractivity (Wildman–Crippen MR) is 74.5 cm³/mol. The van der Waals surface area contributed by atoms with E-state index in [-0.39, 0.29) is 0 Å². The Morgan fingerprint density at radius 1 is 1.18 bits per heavy atom. The number of aryl methyl sites for hydroxylation is 1. The molecule has 17 heavy (non-hydrogen) atoms. The first-order valence-corrected chi connectivity index (χ1v) is 6.93. The highest BCUT2D eigenvalue weighted by molar-refractivity contribution is 5.34. The highest BCUT2D eigenvalue weighted by atomic mass is 14.9. The Labute approximate surface area is 106 Å². The van der Waals surface area contributed by atoms with Crippen LogP contribution in [0.3, 0.4) is 0 Å². The maximum absolute atomic E-state index is 3.65. The fourth-order valence-electron chi connectivity index (χ4n) is 3.16. The van der Waals surface area contributed by atoms with E-state index in [9.17, 15) is 0 Å². The normalized spacial score (nSPS) is 18.8. The van der Waals surface area contributed by atoms with Gasteiger partial charge >= 0.3 is 0 Å². The molecule has 0 aromatic heterocycles. The first-order chi connectivity index (χ1) is 8.14. The first-order valence-electron chi connectivity index (χ1n) is 6.93. The SMILES string of the molecule is Cc1ccccc1C1(CNC(C)C)CCCC1. The number of nitrogens with one attached hydrogen (secondary N) is 1. The van der Waals surface area contributed by atoms with Crippen molar-refractivity contribution >= 4 is 0 Å². The molecule has 1 aliphatic carbocycles. The molecule has 94 valence electrons. The molecule has 2 rings (SSSR count). The van der Waals surface area contributed by atoms with Crippen LogP contribution in [0, 0.1) is 6.92 Å². The second-order valence-corrected chi connectivity index (χ2v) is 5.84. The lowest BCUT2D eigenvalue weighted by molar-refractivity contribution is 0.385. The Bertz CT molecular complexity index is 362. The van der Waals surface area contributed by atoms with Crippen molar-refractivity contribution in [1.82, 2.24) is 5.32 Å². The zero-order chi connectivity index (χ0) is 12.3. The average Bonchev–Trinajstić information content (AvgIpc) is 2.77. The molecule has 1 aromatic rings. The van der Waals surface area contributed by atoms with Crippen molar-refractivity contribution in [2.45, 2.75) is 57.9 Å². The lowest BCUT2D eigenvalue weighted by Crippen LogP contribution is -2.39. The van der Waals surface area contributed by atoms with Crippen LogP contribution in [0.5, 0.6) is 0 Å². The van der Waals surface area contributed by atoms with Crippen LogP contribution < -0.4 is 5.32 Å². The minimum absolute atomic E-state index is 0.398. The van der Waals surface area contributed by atoms with E-state index in [1.54, 1.807) is 5.56 Å². The molecule has 1 aliphatic rings. The fourth-order valence-corrected chi connectivity index (χ4v) is 3.16. The molecule has 1 nitrogen and oxygen atoms in total. The number of hydrogen-bond acceptors (Lipinski definition) is 1. The van der Waals surface area contributed by atoms with E-state index in [1.807, 2.05) is 0 Å². The van der Waals surface area contributed by atoms with Crippen molar-refractivity contribution in [3.05, 3.63) is 35.4 Å². The molecule has 1 heteroatoms. The van der Waals surface area contributed by atoms with E-state index in [4.69, 9.17) is 0 Å². The van der Waals surface area contributed by atoms with Gasteiger partial charge in [0.2, 0.25) is 0 Å². The molecule has 0 atom stereocenters. The first kappa shape index (κ1) is 12.6. The third-order valence-corrected chi connectivity index (χ3v) is 4.13. The third-order valence-electron chi connectivity index (χ3n) is 4.13. The molecule has 1 aromatic carbocycles. The van der Waals surface area contributed by atoms with Gasteiger partial charge in [-0.25, -0.2) is 0 Å². The standard InChI is InChI=1S/C16H25N/c1-13(2)17-12-16(10-6-7-11-16)15-9-5-4-8-14(15)3/h4-5,8-9,13,17H,6-7,10-12H2,1-3H3. The molecule has 1 fully saturated rings. The maximum Gasteiger partial charge on any atom is 0.00805 e. The van der Waals surface area contributed by atoms with Crippen molar-refractivity contribution in [2.24, 2.45) is 0 Å². The molecule has 0 heterocycles. The summed E-state index contributed by atoms with van der Waals surface area (Å²) in [6.07, 6.45) is 5.46. The Morgan fingerprint density at radius 3 is 2.41 bits per heavy atom. The zero-order valence-electron chi connectivity index (χ0n) is 11.4. The molecule has 0 unspecified atom stereocenters. The van der Waals surface area contributed by atoms with Crippen LogP contribution >= 0.6 is 0 Å². The Hall–Kier alpha value is -0.820. The van der Waals surface area contributed by atoms with Crippen molar-refractivity contribution in [1.29, 1.82) is 0 Å². The Morgan fingerprint density at radius 2 is 1.82 bits per heavy atom. The van der Waals surface area contributed by atoms with Gasteiger partial charge in [0.25, 0.3) is 0 Å². The molecule has 0 bridgehead atoms. The summed E-state index contributed by atoms with van der Waals surface area (Å²) in [5.74, 6) is 0. The summed E-state index contributed by atoms with van der Waals surface area (Å²) in [5, 5.41) is 3.65. The van der Waals surface area contributed by atoms with Crippen LogP contribution in [-0.2, 0) is 5.41 Å². The van der Waals surface area contributed by atoms with Gasteiger partial charge in [0.05, 0.1) is 0 Å². The quantitative estimate of drug-likeness (QED) is 0.831. The molecular formula is C16H25N. The minimum atomic E-state index is 0.398. The van der Waals surface area contributed by atoms with E-state index in [1.165, 1.54) is 31.2 Å². The maximum atomic E-state index is 3.65. The smallest absolute Gasteiger partial charge is 0.00805 e. The molecule has 0 amide bonds. The van der Waals surface area contributed by atoms with Gasteiger partial charge < -0.3 is 5.32 Å². The molecule has 0 spiro atoms. The summed E-state index contributed by atoms with van der Waals surface area (Å²) in [7, 11) is 0. The van der Waals surface area contributed by atoms with Crippen molar-refractivity contribution < 1.29 is 0 Å². The summed E-state index contributed by atoms with van der Waals surface area (Å²) >= 11 is 0. The van der Waals surface area contributed by atoms with Gasteiger partial charge in [-0.1, -0.05) is 51.0 Å². The van der Waals surface area contributed by atoms with Crippen LogP contribution in [0.15, 0.2) is 24.3 Å². The second-order valence-electron chi connectivity index (χ2n) is 5.84. The number of hydrogen-bond donors (Lipinski definition) is 1. The van der Waals surface area contributed by atoms with E-state index in [0.29, 0.717) is 11.5 Å². The van der Waals surface area contributed by atoms with E-state index in [2.05, 4.69) is 50.4 Å². The highest BCUT2D eigenvalue weighted by Gasteiger charge is 2.36. The Balaban J connectivity index is 2.25. The summed E-state index contributed by atoms with van der Waals surface area (Å²) in [6, 6.07) is 9.51. The minimum Gasteiger partial charge on any atom is -0.314 e. The molecule has 1 saturated carbocycles. The second kappa shape index (κ2) is 5.22. The van der Waals surface area contributed by atoms with Crippen LogP contribution in [0.25, 0.3) is 0 Å². The Kier molecular flexibility index (Phi) is 3.88. The van der Waals surface area contributed by atoms with Gasteiger partial charge in [0.1, 0.15) is 0 Å². The topological polar surface area (TPSA) is 12.0 Å². The van der Waals surface area contributed by atoms with Crippen LogP contribution in [-0.4, -0.2) is 12.6 Å². The summed E-state index contributed by atoms with van der Waals surface area (Å²) in [5.41, 5.74) is 3.43. The lowest BCUT2D eigenvalue weighted by atomic mass is 9.76. The molecule has 0 aliphatic heterocycles. The monoisotopic (exact) mass is 231 g/mol. The van der Waals surface area contributed by atoms with Crippen LogP contribution in [0.4, 0.5) is 0 Å². The van der Waals surface area contributed by atoms with Crippen molar-refractivity contribution in [3.63, 3.8) is 0 Å². The largest absolute Gasteiger partial charge is 0.314 e. The fraction of sp³-hybridized carbons (Fsp3) is 0.625. The lowest BCUT2D eigenvalue weighted by Gasteiger charge is -2.32. The average molecular weight is 231 g/mol. The number of rotatable bonds is 4. The van der Waals surface area contributed by atoms with Crippen LogP contribution in [0.2, 0.25) is 0 Å². The van der Waals surface area contributed by atoms with E-state index < -0.39 is 0 Å². The summed E-state index contributed by atoms with van der Waals surface area (Å²) in [4.78, 5) is 0. The van der Waals surface area contributed by atoms with Crippen molar-refractivity contribution in [3.8, 4) is 0 Å². The third kappa shape index (κ3) is 2.71. The molecular weight excluding hydrogens is 206 g/mol. The van der Waals surface area contributed by atoms with Gasteiger partial charge in [-0.05, 0) is 30.9 Å². The van der Waals surface area contributed by atoms with E-state index in [0.717, 1.165) is 6.54 Å². The summed E-state index contributed by atoms with van der Waals surface area (Å²) < 4.78 is 0. The van der Waals surface area contributed by atoms with E-state index >= 15 is 0 Å². The zero-order valence-corrected chi connectivity index (χ0v) is 11.4. The van der Waals surface area contributed by atoms with Crippen LogP contribution in [0.1, 0.15) is 50.7 Å². The molecule has 0 saturated heterocycles. The van der Waals surface area contributed by atoms with Gasteiger partial charge in [0, 0.05) is 18.0 Å². The van der Waals surface area contributed by atoms with Gasteiger partial charge in [-0.2, -0.15) is 0 Å². The van der Waals surface area contributed by atoms with Gasteiger partial charge in [-0.3, -0.25) is 0 Å². The molecule has 1 N–H and O–H groups in total.